The van der Waals surface area contributed by atoms with E-state index in [1.807, 2.05) is 0 Å². The van der Waals surface area contributed by atoms with E-state index in [9.17, 15) is 0 Å². The second kappa shape index (κ2) is 13.6. The average molecular weight is 411 g/mol. The minimum Gasteiger partial charge on any atom is -0.0654 e. The van der Waals surface area contributed by atoms with E-state index in [-0.39, 0.29) is 0 Å². The molecule has 0 N–H and O–H groups in total. The quantitative estimate of drug-likeness (QED) is 0.301. The molecule has 2 fully saturated rings. The number of benzene rings is 1. The third-order valence-electron chi connectivity index (χ3n) is 8.50. The second-order valence-corrected chi connectivity index (χ2v) is 10.8. The van der Waals surface area contributed by atoms with Crippen LogP contribution in [0.1, 0.15) is 152 Å². The van der Waals surface area contributed by atoms with Crippen molar-refractivity contribution in [3.05, 3.63) is 35.4 Å². The van der Waals surface area contributed by atoms with Gasteiger partial charge in [0.05, 0.1) is 0 Å². The van der Waals surface area contributed by atoms with Crippen LogP contribution < -0.4 is 0 Å². The molecule has 0 heteroatoms. The van der Waals surface area contributed by atoms with Crippen LogP contribution in [0.5, 0.6) is 0 Å². The van der Waals surface area contributed by atoms with Crippen molar-refractivity contribution in [3.63, 3.8) is 0 Å². The van der Waals surface area contributed by atoms with Crippen molar-refractivity contribution in [1.29, 1.82) is 0 Å². The van der Waals surface area contributed by atoms with E-state index in [1.54, 1.807) is 11.1 Å². The molecule has 2 aliphatic carbocycles. The Morgan fingerprint density at radius 1 is 0.500 bits per heavy atom. The molecule has 1 aromatic rings. The third-order valence-corrected chi connectivity index (χ3v) is 8.50. The van der Waals surface area contributed by atoms with Crippen LogP contribution in [0, 0.1) is 11.8 Å². The molecule has 0 aliphatic heterocycles. The first kappa shape index (κ1) is 23.9. The Labute approximate surface area is 188 Å². The van der Waals surface area contributed by atoms with Gasteiger partial charge in [0.2, 0.25) is 0 Å². The summed E-state index contributed by atoms with van der Waals surface area (Å²) in [7, 11) is 0. The van der Waals surface area contributed by atoms with Crippen LogP contribution in [0.3, 0.4) is 0 Å². The van der Waals surface area contributed by atoms with Crippen LogP contribution in [0.15, 0.2) is 24.3 Å². The maximum atomic E-state index is 2.50. The third kappa shape index (κ3) is 7.72. The summed E-state index contributed by atoms with van der Waals surface area (Å²) in [5, 5.41) is 0. The summed E-state index contributed by atoms with van der Waals surface area (Å²) in [6, 6.07) is 9.99. The topological polar surface area (TPSA) is 0 Å². The Morgan fingerprint density at radius 3 is 1.30 bits per heavy atom. The predicted octanol–water partition coefficient (Wildman–Crippen LogP) is 10.2. The molecule has 0 nitrogen and oxygen atoms in total. The molecular formula is C30H50. The van der Waals surface area contributed by atoms with E-state index in [0.29, 0.717) is 0 Å². The van der Waals surface area contributed by atoms with Gasteiger partial charge in [-0.3, -0.25) is 0 Å². The molecule has 0 saturated heterocycles. The summed E-state index contributed by atoms with van der Waals surface area (Å²) in [5.41, 5.74) is 3.26. The Balaban J connectivity index is 1.36. The molecule has 3 rings (SSSR count). The van der Waals surface area contributed by atoms with Gasteiger partial charge in [-0.15, -0.1) is 0 Å². The largest absolute Gasteiger partial charge is 0.0654 e. The highest BCUT2D eigenvalue weighted by atomic mass is 14.3. The molecular weight excluding hydrogens is 360 g/mol. The van der Waals surface area contributed by atoms with Crippen molar-refractivity contribution in [2.24, 2.45) is 11.8 Å². The summed E-state index contributed by atoms with van der Waals surface area (Å²) >= 11 is 0. The molecule has 30 heavy (non-hydrogen) atoms. The highest BCUT2D eigenvalue weighted by Gasteiger charge is 2.24. The van der Waals surface area contributed by atoms with Gasteiger partial charge in [0, 0.05) is 0 Å². The molecule has 2 saturated carbocycles. The van der Waals surface area contributed by atoms with E-state index < -0.39 is 0 Å². The van der Waals surface area contributed by atoms with Gasteiger partial charge in [-0.2, -0.15) is 0 Å². The smallest absolute Gasteiger partial charge is 0.0162 e. The molecule has 0 heterocycles. The van der Waals surface area contributed by atoms with Gasteiger partial charge in [-0.05, 0) is 86.2 Å². The van der Waals surface area contributed by atoms with Crippen LogP contribution in [0.2, 0.25) is 0 Å². The monoisotopic (exact) mass is 410 g/mol. The zero-order valence-electron chi connectivity index (χ0n) is 20.3. The summed E-state index contributed by atoms with van der Waals surface area (Å²) < 4.78 is 0. The highest BCUT2D eigenvalue weighted by Crippen LogP contribution is 2.40. The first-order chi connectivity index (χ1) is 14.8. The number of hydrogen-bond acceptors (Lipinski definition) is 0. The normalized spacial score (nSPS) is 27.3. The van der Waals surface area contributed by atoms with Gasteiger partial charge in [-0.25, -0.2) is 0 Å². The average Bonchev–Trinajstić information content (AvgIpc) is 2.80. The fourth-order valence-corrected chi connectivity index (χ4v) is 6.33. The van der Waals surface area contributed by atoms with Crippen molar-refractivity contribution >= 4 is 0 Å². The van der Waals surface area contributed by atoms with Crippen molar-refractivity contribution in [2.45, 2.75) is 141 Å². The van der Waals surface area contributed by atoms with Crippen LogP contribution in [-0.2, 0) is 0 Å². The Hall–Kier alpha value is -0.780. The lowest BCUT2D eigenvalue weighted by Crippen LogP contribution is -2.14. The molecule has 170 valence electrons. The maximum Gasteiger partial charge on any atom is -0.0162 e. The van der Waals surface area contributed by atoms with Crippen molar-refractivity contribution < 1.29 is 0 Å². The van der Waals surface area contributed by atoms with Crippen LogP contribution in [0.4, 0.5) is 0 Å². The van der Waals surface area contributed by atoms with Gasteiger partial charge in [0.15, 0.2) is 0 Å². The summed E-state index contributed by atoms with van der Waals surface area (Å²) in [6.07, 6.45) is 26.1. The fourth-order valence-electron chi connectivity index (χ4n) is 6.33. The molecule has 0 amide bonds. The lowest BCUT2D eigenvalue weighted by atomic mass is 9.75. The lowest BCUT2D eigenvalue weighted by molar-refractivity contribution is 0.300. The van der Waals surface area contributed by atoms with Gasteiger partial charge < -0.3 is 0 Å². The van der Waals surface area contributed by atoms with E-state index in [1.165, 1.54) is 116 Å². The van der Waals surface area contributed by atoms with Crippen LogP contribution >= 0.6 is 0 Å². The standard InChI is InChI=1S/C30H50/c1-3-5-7-8-10-12-26-15-19-28(20-16-26)30-23-21-29(22-24-30)27-17-13-25(14-18-27)11-9-6-4-2/h21-28H,3-20H2,1-2H3. The highest BCUT2D eigenvalue weighted by molar-refractivity contribution is 5.28. The predicted molar refractivity (Wildman–Crippen MR) is 133 cm³/mol. The minimum atomic E-state index is 0.838. The lowest BCUT2D eigenvalue weighted by Gasteiger charge is -2.30. The molecule has 0 atom stereocenters. The van der Waals surface area contributed by atoms with E-state index in [0.717, 1.165) is 23.7 Å². The van der Waals surface area contributed by atoms with Gasteiger partial charge in [-0.1, -0.05) is 102 Å². The fraction of sp³-hybridized carbons (Fsp3) is 0.800. The number of hydrogen-bond donors (Lipinski definition) is 0. The Bertz CT molecular complexity index is 540. The molecule has 0 bridgehead atoms. The first-order valence-corrected chi connectivity index (χ1v) is 13.9. The Kier molecular flexibility index (Phi) is 10.8. The van der Waals surface area contributed by atoms with E-state index in [2.05, 4.69) is 38.1 Å². The zero-order valence-corrected chi connectivity index (χ0v) is 20.3. The van der Waals surface area contributed by atoms with Crippen LogP contribution in [-0.4, -0.2) is 0 Å². The first-order valence-electron chi connectivity index (χ1n) is 13.9. The molecule has 0 unspecified atom stereocenters. The van der Waals surface area contributed by atoms with E-state index >= 15 is 0 Å². The van der Waals surface area contributed by atoms with E-state index in [4.69, 9.17) is 0 Å². The molecule has 2 aliphatic rings. The maximum absolute atomic E-state index is 2.50. The minimum absolute atomic E-state index is 0.838. The molecule has 0 aromatic heterocycles. The molecule has 0 radical (unpaired) electrons. The van der Waals surface area contributed by atoms with Crippen LogP contribution in [0.25, 0.3) is 0 Å². The van der Waals surface area contributed by atoms with Crippen molar-refractivity contribution in [2.75, 3.05) is 0 Å². The zero-order chi connectivity index (χ0) is 21.0. The van der Waals surface area contributed by atoms with Gasteiger partial charge in [0.1, 0.15) is 0 Å². The Morgan fingerprint density at radius 2 is 0.867 bits per heavy atom. The SMILES string of the molecule is CCCCCCCC1CCC(c2ccc(C3CCC(CCCCC)CC3)cc2)CC1. The summed E-state index contributed by atoms with van der Waals surface area (Å²) in [5.74, 6) is 3.72. The van der Waals surface area contributed by atoms with Gasteiger partial charge >= 0.3 is 0 Å². The molecule has 1 aromatic carbocycles. The summed E-state index contributed by atoms with van der Waals surface area (Å²) in [4.78, 5) is 0. The van der Waals surface area contributed by atoms with Gasteiger partial charge in [0.25, 0.3) is 0 Å². The van der Waals surface area contributed by atoms with Crippen molar-refractivity contribution in [1.82, 2.24) is 0 Å². The summed E-state index contributed by atoms with van der Waals surface area (Å²) in [6.45, 7) is 4.63. The van der Waals surface area contributed by atoms with Crippen molar-refractivity contribution in [3.8, 4) is 0 Å². The number of unbranched alkanes of at least 4 members (excludes halogenated alkanes) is 6. The number of rotatable bonds is 12. The second-order valence-electron chi connectivity index (χ2n) is 10.8. The molecule has 0 spiro atoms.